The molecule has 1 amide bonds. The molecule has 0 aromatic carbocycles. The molecule has 9 heteroatoms. The molecule has 124 valence electrons. The summed E-state index contributed by atoms with van der Waals surface area (Å²) in [5, 5.41) is 26.9. The molecule has 0 bridgehead atoms. The van der Waals surface area contributed by atoms with Crippen molar-refractivity contribution in [2.75, 3.05) is 6.54 Å². The Morgan fingerprint density at radius 2 is 1.95 bits per heavy atom. The molecule has 0 aliphatic carbocycles. The van der Waals surface area contributed by atoms with Crippen LogP contribution < -0.4 is 11.2 Å². The lowest BCUT2D eigenvalue weighted by Crippen LogP contribution is -2.33. The summed E-state index contributed by atoms with van der Waals surface area (Å²) in [7, 11) is 0. The normalized spacial score (nSPS) is 15.1. The molecule has 1 atom stereocenters. The van der Waals surface area contributed by atoms with Gasteiger partial charge in [-0.05, 0) is 32.8 Å². The molecule has 0 heterocycles. The summed E-state index contributed by atoms with van der Waals surface area (Å²) < 4.78 is 0. The van der Waals surface area contributed by atoms with Gasteiger partial charge in [-0.15, -0.1) is 0 Å². The third-order valence-corrected chi connectivity index (χ3v) is 2.93. The number of amides is 1. The van der Waals surface area contributed by atoms with Gasteiger partial charge < -0.3 is 15.9 Å². The number of carboxylic acid groups (broad SMARTS) is 1. The predicted molar refractivity (Wildman–Crippen MR) is 77.3 cm³/mol. The predicted octanol–water partition coefficient (Wildman–Crippen LogP) is -0.630. The zero-order valence-electron chi connectivity index (χ0n) is 12.5. The fraction of sp³-hybridized carbons (Fsp3) is 0.538. The number of nitrogens with zero attached hydrogens (tertiary/aromatic N) is 1. The van der Waals surface area contributed by atoms with Gasteiger partial charge in [0.25, 0.3) is 5.91 Å². The van der Waals surface area contributed by atoms with Gasteiger partial charge in [-0.3, -0.25) is 24.6 Å². The minimum Gasteiger partial charge on any atom is -0.481 e. The number of rotatable bonds is 9. The first-order valence-electron chi connectivity index (χ1n) is 6.50. The lowest BCUT2D eigenvalue weighted by Gasteiger charge is -2.18. The monoisotopic (exact) mass is 315 g/mol. The Balaban J connectivity index is 4.69. The number of nitrogens with two attached hydrogens (primary N) is 1. The molecule has 6 N–H and O–H groups in total. The van der Waals surface area contributed by atoms with Crippen LogP contribution >= 0.6 is 0 Å². The van der Waals surface area contributed by atoms with Crippen molar-refractivity contribution in [3.05, 3.63) is 11.6 Å². The van der Waals surface area contributed by atoms with Gasteiger partial charge in [-0.25, -0.2) is 5.48 Å². The minimum absolute atomic E-state index is 0.0951. The number of amidine groups is 1. The molecule has 0 saturated carbocycles. The van der Waals surface area contributed by atoms with E-state index in [1.165, 1.54) is 19.3 Å². The molecule has 0 aromatic rings. The maximum atomic E-state index is 11.2. The second-order valence-corrected chi connectivity index (χ2v) is 4.92. The van der Waals surface area contributed by atoms with Crippen LogP contribution in [0.5, 0.6) is 0 Å². The van der Waals surface area contributed by atoms with Gasteiger partial charge in [0.2, 0.25) is 0 Å². The van der Waals surface area contributed by atoms with Crippen molar-refractivity contribution >= 4 is 23.5 Å². The quantitative estimate of drug-likeness (QED) is 0.0944. The van der Waals surface area contributed by atoms with Crippen LogP contribution in [0.2, 0.25) is 0 Å². The second-order valence-electron chi connectivity index (χ2n) is 4.92. The van der Waals surface area contributed by atoms with E-state index >= 15 is 0 Å². The Kier molecular flexibility index (Phi) is 7.99. The van der Waals surface area contributed by atoms with E-state index in [1.54, 1.807) is 0 Å². The molecular weight excluding hydrogens is 294 g/mol. The summed E-state index contributed by atoms with van der Waals surface area (Å²) in [5.74, 6) is -2.70. The number of aliphatic imine (C=N–C) groups is 1. The third-order valence-electron chi connectivity index (χ3n) is 2.93. The van der Waals surface area contributed by atoms with E-state index in [0.29, 0.717) is 6.42 Å². The van der Waals surface area contributed by atoms with Gasteiger partial charge in [-0.1, -0.05) is 0 Å². The van der Waals surface area contributed by atoms with Gasteiger partial charge >= 0.3 is 5.97 Å². The van der Waals surface area contributed by atoms with Gasteiger partial charge in [0.15, 0.2) is 5.78 Å². The number of carboxylic acids is 1. The fourth-order valence-electron chi connectivity index (χ4n) is 1.46. The second kappa shape index (κ2) is 8.90. The highest BCUT2D eigenvalue weighted by atomic mass is 16.5. The van der Waals surface area contributed by atoms with Crippen molar-refractivity contribution in [1.29, 1.82) is 0 Å². The summed E-state index contributed by atoms with van der Waals surface area (Å²) in [6.45, 7) is 2.87. The first-order chi connectivity index (χ1) is 10.1. The van der Waals surface area contributed by atoms with Crippen LogP contribution in [-0.2, 0) is 14.4 Å². The number of carbonyl (C=O) groups is 3. The molecular formula is C13H21N3O6. The van der Waals surface area contributed by atoms with Crippen LogP contribution in [0.4, 0.5) is 0 Å². The lowest BCUT2D eigenvalue weighted by molar-refractivity contribution is -0.137. The first-order valence-corrected chi connectivity index (χ1v) is 6.50. The van der Waals surface area contributed by atoms with Crippen molar-refractivity contribution in [2.24, 2.45) is 10.7 Å². The third kappa shape index (κ3) is 7.50. The molecule has 0 aliphatic rings. The highest BCUT2D eigenvalue weighted by molar-refractivity contribution is 6.04. The summed E-state index contributed by atoms with van der Waals surface area (Å²) in [6, 6.07) is 0. The van der Waals surface area contributed by atoms with E-state index in [9.17, 15) is 19.5 Å². The molecule has 0 rings (SSSR count). The van der Waals surface area contributed by atoms with Crippen LogP contribution in [0.3, 0.4) is 0 Å². The average molecular weight is 315 g/mol. The Hall–Kier alpha value is -2.26. The van der Waals surface area contributed by atoms with E-state index in [4.69, 9.17) is 16.0 Å². The number of aliphatic hydroxyl groups is 1. The molecule has 22 heavy (non-hydrogen) atoms. The lowest BCUT2D eigenvalue weighted by atomic mass is 9.96. The summed E-state index contributed by atoms with van der Waals surface area (Å²) in [5.41, 5.74) is 5.18. The number of aliphatic carboxylic acids is 1. The van der Waals surface area contributed by atoms with Gasteiger partial charge in [-0.2, -0.15) is 0 Å². The maximum absolute atomic E-state index is 11.2. The van der Waals surface area contributed by atoms with E-state index < -0.39 is 23.9 Å². The van der Waals surface area contributed by atoms with E-state index in [2.05, 4.69) is 4.99 Å². The Bertz CT molecular complexity index is 496. The molecule has 0 aliphatic heterocycles. The maximum Gasteiger partial charge on any atom is 0.308 e. The Labute approximate surface area is 127 Å². The van der Waals surface area contributed by atoms with Crippen LogP contribution in [0.1, 0.15) is 33.1 Å². The van der Waals surface area contributed by atoms with Crippen LogP contribution in [0, 0.1) is 0 Å². The van der Waals surface area contributed by atoms with Crippen molar-refractivity contribution in [2.45, 2.75) is 38.7 Å². The van der Waals surface area contributed by atoms with Crippen molar-refractivity contribution in [3.8, 4) is 0 Å². The average Bonchev–Trinajstić information content (AvgIpc) is 2.41. The van der Waals surface area contributed by atoms with Crippen LogP contribution in [-0.4, -0.2) is 51.1 Å². The van der Waals surface area contributed by atoms with Crippen molar-refractivity contribution < 1.29 is 29.8 Å². The molecule has 0 spiro atoms. The summed E-state index contributed by atoms with van der Waals surface area (Å²) >= 11 is 0. The zero-order valence-corrected chi connectivity index (χ0v) is 12.5. The number of hydrogen-bond acceptors (Lipinski definition) is 6. The van der Waals surface area contributed by atoms with Gasteiger partial charge in [0.1, 0.15) is 11.4 Å². The first kappa shape index (κ1) is 19.7. The van der Waals surface area contributed by atoms with E-state index in [-0.39, 0.29) is 30.2 Å². The van der Waals surface area contributed by atoms with Crippen molar-refractivity contribution in [1.82, 2.24) is 5.48 Å². The smallest absolute Gasteiger partial charge is 0.308 e. The number of nitrogens with one attached hydrogen (secondary N) is 1. The van der Waals surface area contributed by atoms with Crippen LogP contribution in [0.25, 0.3) is 0 Å². The highest BCUT2D eigenvalue weighted by Gasteiger charge is 2.25. The number of hydroxylamine groups is 1. The fourth-order valence-corrected chi connectivity index (χ4v) is 1.46. The van der Waals surface area contributed by atoms with Gasteiger partial charge in [0.05, 0.1) is 6.42 Å². The molecule has 1 unspecified atom stereocenters. The standard InChI is InChI=1S/C13H21N3O6/c1-8(17)13(2,21)4-3-5-15-10(14)6-9(7-11(18)19)12(20)16-22/h6,21-22H,3-5,7H2,1-2H3,(H2,14,15)(H,16,20)(H,18,19)/b9-6-. The van der Waals surface area contributed by atoms with Crippen molar-refractivity contribution in [3.63, 3.8) is 0 Å². The molecule has 9 nitrogen and oxygen atoms in total. The Morgan fingerprint density at radius 3 is 2.41 bits per heavy atom. The number of hydrogen-bond donors (Lipinski definition) is 5. The number of carbonyl (C=O) groups excluding carboxylic acids is 2. The molecule has 0 radical (unpaired) electrons. The SMILES string of the molecule is CC(=O)C(C)(O)CCCN=C(N)/C=C(/CC(=O)O)C(=O)NO. The topological polar surface area (TPSA) is 162 Å². The highest BCUT2D eigenvalue weighted by Crippen LogP contribution is 2.13. The van der Waals surface area contributed by atoms with E-state index in [0.717, 1.165) is 6.08 Å². The molecule has 0 fully saturated rings. The summed E-state index contributed by atoms with van der Waals surface area (Å²) in [6.07, 6.45) is 0.994. The summed E-state index contributed by atoms with van der Waals surface area (Å²) in [4.78, 5) is 36.8. The number of Topliss-reactive ketones (excluding diaryl/α,β-unsaturated/α-hetero) is 1. The van der Waals surface area contributed by atoms with Gasteiger partial charge in [0, 0.05) is 12.1 Å². The zero-order chi connectivity index (χ0) is 17.3. The Morgan fingerprint density at radius 1 is 1.36 bits per heavy atom. The molecule has 0 aromatic heterocycles. The largest absolute Gasteiger partial charge is 0.481 e. The number of ketones is 1. The van der Waals surface area contributed by atoms with Crippen LogP contribution in [0.15, 0.2) is 16.6 Å². The van der Waals surface area contributed by atoms with E-state index in [1.807, 2.05) is 0 Å². The minimum atomic E-state index is -1.43. The molecule has 0 saturated heterocycles.